The maximum Gasteiger partial charge on any atom is 0.135 e. The van der Waals surface area contributed by atoms with Gasteiger partial charge >= 0.3 is 0 Å². The molecule has 3 nitrogen and oxygen atoms in total. The molecule has 20 heavy (non-hydrogen) atoms. The molecule has 1 unspecified atom stereocenters. The van der Waals surface area contributed by atoms with Crippen LogP contribution in [0, 0.1) is 0 Å². The van der Waals surface area contributed by atoms with Crippen LogP contribution in [0.25, 0.3) is 0 Å². The van der Waals surface area contributed by atoms with Crippen LogP contribution in [-0.4, -0.2) is 16.0 Å². The number of nitrogens with zero attached hydrogens (tertiary/aromatic N) is 2. The molecule has 2 aliphatic carbocycles. The molecule has 0 radical (unpaired) electrons. The third-order valence-electron chi connectivity index (χ3n) is 4.34. The maximum atomic E-state index is 4.61. The van der Waals surface area contributed by atoms with Gasteiger partial charge in [-0.05, 0) is 36.8 Å². The average Bonchev–Trinajstić information content (AvgIpc) is 3.23. The van der Waals surface area contributed by atoms with E-state index in [9.17, 15) is 0 Å². The molecule has 102 valence electrons. The summed E-state index contributed by atoms with van der Waals surface area (Å²) in [6.45, 7) is 0.895. The maximum absolute atomic E-state index is 4.61. The largest absolute Gasteiger partial charge is 0.310 e. The van der Waals surface area contributed by atoms with Crippen LogP contribution < -0.4 is 5.32 Å². The summed E-state index contributed by atoms with van der Waals surface area (Å²) in [5, 5.41) is 3.50. The zero-order valence-corrected chi connectivity index (χ0v) is 11.5. The number of aryl methyl sites for hydroxylation is 1. The smallest absolute Gasteiger partial charge is 0.135 e. The van der Waals surface area contributed by atoms with Crippen LogP contribution in [0.3, 0.4) is 0 Å². The van der Waals surface area contributed by atoms with Gasteiger partial charge in [-0.2, -0.15) is 0 Å². The summed E-state index contributed by atoms with van der Waals surface area (Å²) in [5.41, 5.74) is 4.06. The van der Waals surface area contributed by atoms with Gasteiger partial charge in [0.15, 0.2) is 0 Å². The van der Waals surface area contributed by atoms with Crippen molar-refractivity contribution in [3.63, 3.8) is 0 Å². The van der Waals surface area contributed by atoms with E-state index in [1.54, 1.807) is 0 Å². The minimum absolute atomic E-state index is 0.386. The van der Waals surface area contributed by atoms with Crippen molar-refractivity contribution in [3.8, 4) is 0 Å². The molecule has 4 rings (SSSR count). The standard InChI is InChI=1S/C17H19N3/c1-2-4-15-13(3-1)5-8-16(15)17-19-10-12(11-20-17)9-18-14-6-7-14/h1-4,10-11,14,16,18H,5-9H2. The summed E-state index contributed by atoms with van der Waals surface area (Å²) in [6.07, 6.45) is 8.89. The van der Waals surface area contributed by atoms with Crippen LogP contribution in [0.1, 0.15) is 47.7 Å². The number of hydrogen-bond donors (Lipinski definition) is 1. The molecule has 2 aromatic rings. The van der Waals surface area contributed by atoms with E-state index in [1.165, 1.54) is 29.5 Å². The molecule has 0 spiro atoms. The molecule has 1 heterocycles. The van der Waals surface area contributed by atoms with E-state index in [0.29, 0.717) is 5.92 Å². The fourth-order valence-corrected chi connectivity index (χ4v) is 3.01. The van der Waals surface area contributed by atoms with Crippen molar-refractivity contribution in [2.24, 2.45) is 0 Å². The van der Waals surface area contributed by atoms with Crippen molar-refractivity contribution < 1.29 is 0 Å². The Morgan fingerprint density at radius 1 is 1.05 bits per heavy atom. The fourth-order valence-electron chi connectivity index (χ4n) is 3.01. The molecule has 2 aliphatic rings. The second-order valence-electron chi connectivity index (χ2n) is 5.89. The van der Waals surface area contributed by atoms with Crippen LogP contribution in [0.15, 0.2) is 36.7 Å². The van der Waals surface area contributed by atoms with Gasteiger partial charge in [-0.15, -0.1) is 0 Å². The van der Waals surface area contributed by atoms with Gasteiger partial charge < -0.3 is 5.32 Å². The van der Waals surface area contributed by atoms with Crippen molar-refractivity contribution in [2.45, 2.75) is 44.2 Å². The SMILES string of the molecule is c1ccc2c(c1)CCC2c1ncc(CNC2CC2)cn1. The Kier molecular flexibility index (Phi) is 3.00. The number of nitrogens with one attached hydrogen (secondary N) is 1. The summed E-state index contributed by atoms with van der Waals surface area (Å²) in [5.74, 6) is 1.36. The van der Waals surface area contributed by atoms with Crippen LogP contribution in [-0.2, 0) is 13.0 Å². The van der Waals surface area contributed by atoms with Crippen molar-refractivity contribution >= 4 is 0 Å². The van der Waals surface area contributed by atoms with E-state index in [1.807, 2.05) is 12.4 Å². The highest BCUT2D eigenvalue weighted by atomic mass is 15.0. The van der Waals surface area contributed by atoms with Crippen molar-refractivity contribution in [1.82, 2.24) is 15.3 Å². The molecular formula is C17H19N3. The first-order valence-corrected chi connectivity index (χ1v) is 7.52. The highest BCUT2D eigenvalue weighted by molar-refractivity contribution is 5.38. The zero-order chi connectivity index (χ0) is 13.4. The van der Waals surface area contributed by atoms with E-state index >= 15 is 0 Å². The first kappa shape index (κ1) is 12.0. The van der Waals surface area contributed by atoms with Gasteiger partial charge in [0.25, 0.3) is 0 Å². The van der Waals surface area contributed by atoms with Crippen LogP contribution in [0.5, 0.6) is 0 Å². The first-order chi connectivity index (χ1) is 9.90. The third kappa shape index (κ3) is 2.34. The Balaban J connectivity index is 1.51. The Bertz CT molecular complexity index is 602. The van der Waals surface area contributed by atoms with Gasteiger partial charge in [-0.1, -0.05) is 24.3 Å². The van der Waals surface area contributed by atoms with Crippen LogP contribution >= 0.6 is 0 Å². The Morgan fingerprint density at radius 3 is 2.65 bits per heavy atom. The Labute approximate surface area is 119 Å². The minimum Gasteiger partial charge on any atom is -0.310 e. The van der Waals surface area contributed by atoms with Gasteiger partial charge in [0, 0.05) is 36.5 Å². The summed E-state index contributed by atoms with van der Waals surface area (Å²) in [7, 11) is 0. The molecular weight excluding hydrogens is 246 g/mol. The monoisotopic (exact) mass is 265 g/mol. The highest BCUT2D eigenvalue weighted by Crippen LogP contribution is 2.36. The minimum atomic E-state index is 0.386. The van der Waals surface area contributed by atoms with E-state index in [0.717, 1.165) is 31.3 Å². The van der Waals surface area contributed by atoms with E-state index < -0.39 is 0 Å². The lowest BCUT2D eigenvalue weighted by Crippen LogP contribution is -2.16. The lowest BCUT2D eigenvalue weighted by molar-refractivity contribution is 0.674. The molecule has 1 aromatic heterocycles. The fraction of sp³-hybridized carbons (Fsp3) is 0.412. The molecule has 1 saturated carbocycles. The summed E-state index contributed by atoms with van der Waals surface area (Å²) in [4.78, 5) is 9.21. The lowest BCUT2D eigenvalue weighted by atomic mass is 10.0. The average molecular weight is 265 g/mol. The predicted octanol–water partition coefficient (Wildman–Crippen LogP) is 2.81. The molecule has 1 atom stereocenters. The van der Waals surface area contributed by atoms with Crippen molar-refractivity contribution in [2.75, 3.05) is 0 Å². The summed E-state index contributed by atoms with van der Waals surface area (Å²) in [6, 6.07) is 9.42. The summed E-state index contributed by atoms with van der Waals surface area (Å²) >= 11 is 0. The molecule has 1 fully saturated rings. The quantitative estimate of drug-likeness (QED) is 0.923. The van der Waals surface area contributed by atoms with Crippen LogP contribution in [0.4, 0.5) is 0 Å². The second-order valence-corrected chi connectivity index (χ2v) is 5.89. The van der Waals surface area contributed by atoms with E-state index in [-0.39, 0.29) is 0 Å². The molecule has 3 heteroatoms. The molecule has 0 bridgehead atoms. The molecule has 1 N–H and O–H groups in total. The van der Waals surface area contributed by atoms with Gasteiger partial charge in [-0.3, -0.25) is 0 Å². The van der Waals surface area contributed by atoms with E-state index in [2.05, 4.69) is 39.6 Å². The molecule has 1 aromatic carbocycles. The van der Waals surface area contributed by atoms with Gasteiger partial charge in [0.05, 0.1) is 0 Å². The molecule has 0 amide bonds. The second kappa shape index (κ2) is 4.98. The van der Waals surface area contributed by atoms with Gasteiger partial charge in [0.1, 0.15) is 5.82 Å². The molecule has 0 aliphatic heterocycles. The van der Waals surface area contributed by atoms with Gasteiger partial charge in [0.2, 0.25) is 0 Å². The van der Waals surface area contributed by atoms with Crippen molar-refractivity contribution in [3.05, 3.63) is 59.2 Å². The van der Waals surface area contributed by atoms with Crippen LogP contribution in [0.2, 0.25) is 0 Å². The highest BCUT2D eigenvalue weighted by Gasteiger charge is 2.25. The lowest BCUT2D eigenvalue weighted by Gasteiger charge is -2.10. The van der Waals surface area contributed by atoms with Crippen molar-refractivity contribution in [1.29, 1.82) is 0 Å². The number of aromatic nitrogens is 2. The van der Waals surface area contributed by atoms with Gasteiger partial charge in [-0.25, -0.2) is 9.97 Å². The topological polar surface area (TPSA) is 37.8 Å². The number of fused-ring (bicyclic) bond motifs is 1. The number of rotatable bonds is 4. The number of benzene rings is 1. The Hall–Kier alpha value is -1.74. The third-order valence-corrected chi connectivity index (χ3v) is 4.34. The normalized spacial score (nSPS) is 20.9. The number of hydrogen-bond acceptors (Lipinski definition) is 3. The predicted molar refractivity (Wildman–Crippen MR) is 78.5 cm³/mol. The Morgan fingerprint density at radius 2 is 1.85 bits per heavy atom. The first-order valence-electron chi connectivity index (χ1n) is 7.52. The zero-order valence-electron chi connectivity index (χ0n) is 11.5. The summed E-state index contributed by atoms with van der Waals surface area (Å²) < 4.78 is 0. The molecule has 0 saturated heterocycles. The van der Waals surface area contributed by atoms with E-state index in [4.69, 9.17) is 0 Å².